The molecule has 0 saturated heterocycles. The number of aliphatic carboxylic acids is 2. The van der Waals surface area contributed by atoms with E-state index in [2.05, 4.69) is 54.6 Å². The summed E-state index contributed by atoms with van der Waals surface area (Å²) in [6, 6.07) is 17.3. The van der Waals surface area contributed by atoms with Crippen LogP contribution in [0.3, 0.4) is 0 Å². The third-order valence-corrected chi connectivity index (χ3v) is 4.87. The SMILES string of the molecule is NCC/C=C1\c2ccccc2CSc2ccccc21.O=C(O)/C=C/C(=O)O. The summed E-state index contributed by atoms with van der Waals surface area (Å²) in [7, 11) is 0. The molecule has 0 spiro atoms. The van der Waals surface area contributed by atoms with Gasteiger partial charge in [-0.2, -0.15) is 0 Å². The predicted molar refractivity (Wildman–Crippen MR) is 108 cm³/mol. The molecule has 0 amide bonds. The zero-order valence-electron chi connectivity index (χ0n) is 14.7. The molecule has 3 rings (SSSR count). The molecule has 0 fully saturated rings. The monoisotopic (exact) mass is 383 g/mol. The quantitative estimate of drug-likeness (QED) is 0.695. The van der Waals surface area contributed by atoms with E-state index in [4.69, 9.17) is 15.9 Å². The smallest absolute Gasteiger partial charge is 0.328 e. The van der Waals surface area contributed by atoms with Crippen molar-refractivity contribution in [2.24, 2.45) is 5.73 Å². The first kappa shape index (κ1) is 20.5. The Morgan fingerprint density at radius 3 is 2.19 bits per heavy atom. The minimum Gasteiger partial charge on any atom is -0.478 e. The van der Waals surface area contributed by atoms with Crippen molar-refractivity contribution in [3.63, 3.8) is 0 Å². The van der Waals surface area contributed by atoms with Gasteiger partial charge in [0.05, 0.1) is 0 Å². The summed E-state index contributed by atoms with van der Waals surface area (Å²) in [6.45, 7) is 0.695. The van der Waals surface area contributed by atoms with Crippen LogP contribution >= 0.6 is 11.8 Å². The Kier molecular flexibility index (Phi) is 7.85. The summed E-state index contributed by atoms with van der Waals surface area (Å²) in [5, 5.41) is 15.6. The van der Waals surface area contributed by atoms with Gasteiger partial charge in [0.25, 0.3) is 0 Å². The van der Waals surface area contributed by atoms with Gasteiger partial charge in [-0.15, -0.1) is 11.8 Å². The van der Waals surface area contributed by atoms with Crippen molar-refractivity contribution in [2.45, 2.75) is 17.1 Å². The fourth-order valence-corrected chi connectivity index (χ4v) is 3.69. The van der Waals surface area contributed by atoms with Crippen LogP contribution in [0.1, 0.15) is 23.1 Å². The topological polar surface area (TPSA) is 101 Å². The fourth-order valence-electron chi connectivity index (χ4n) is 2.61. The fraction of sp³-hybridized carbons (Fsp3) is 0.143. The van der Waals surface area contributed by atoms with E-state index in [1.165, 1.54) is 27.2 Å². The summed E-state index contributed by atoms with van der Waals surface area (Å²) in [4.78, 5) is 20.5. The highest BCUT2D eigenvalue weighted by Gasteiger charge is 2.17. The Bertz CT molecular complexity index is 808. The number of carboxylic acids is 2. The number of nitrogens with two attached hydrogens (primary N) is 1. The highest BCUT2D eigenvalue weighted by molar-refractivity contribution is 7.98. The normalized spacial score (nSPS) is 13.9. The number of carbonyl (C=O) groups is 2. The van der Waals surface area contributed by atoms with Crippen LogP contribution in [0.2, 0.25) is 0 Å². The molecule has 0 unspecified atom stereocenters. The Balaban J connectivity index is 0.000000279. The molecule has 2 aromatic rings. The highest BCUT2D eigenvalue weighted by Crippen LogP contribution is 2.39. The van der Waals surface area contributed by atoms with Crippen LogP contribution in [0.15, 0.2) is 71.7 Å². The van der Waals surface area contributed by atoms with E-state index in [0.717, 1.165) is 12.2 Å². The Morgan fingerprint density at radius 2 is 1.56 bits per heavy atom. The van der Waals surface area contributed by atoms with Gasteiger partial charge in [0, 0.05) is 22.8 Å². The van der Waals surface area contributed by atoms with Gasteiger partial charge in [-0.3, -0.25) is 0 Å². The molecule has 0 bridgehead atoms. The molecule has 140 valence electrons. The zero-order valence-corrected chi connectivity index (χ0v) is 15.5. The van der Waals surface area contributed by atoms with Gasteiger partial charge >= 0.3 is 11.9 Å². The summed E-state index contributed by atoms with van der Waals surface area (Å²) in [5.74, 6) is -1.48. The molecule has 0 radical (unpaired) electrons. The molecule has 1 heterocycles. The summed E-state index contributed by atoms with van der Waals surface area (Å²) in [6.07, 6.45) is 4.32. The molecule has 2 aromatic carbocycles. The van der Waals surface area contributed by atoms with Crippen molar-refractivity contribution >= 4 is 29.3 Å². The maximum Gasteiger partial charge on any atom is 0.328 e. The van der Waals surface area contributed by atoms with Crippen molar-refractivity contribution < 1.29 is 19.8 Å². The minimum absolute atomic E-state index is 0.558. The highest BCUT2D eigenvalue weighted by atomic mass is 32.2. The number of carboxylic acid groups (broad SMARTS) is 2. The molecule has 0 saturated carbocycles. The van der Waals surface area contributed by atoms with Crippen molar-refractivity contribution in [2.75, 3.05) is 6.54 Å². The Morgan fingerprint density at radius 1 is 0.963 bits per heavy atom. The average Bonchev–Trinajstić information content (AvgIpc) is 2.82. The lowest BCUT2D eigenvalue weighted by Crippen LogP contribution is -1.98. The zero-order chi connectivity index (χ0) is 19.6. The number of rotatable bonds is 4. The maximum atomic E-state index is 9.55. The minimum atomic E-state index is -1.26. The van der Waals surface area contributed by atoms with E-state index in [1.54, 1.807) is 0 Å². The number of fused-ring (bicyclic) bond motifs is 2. The van der Waals surface area contributed by atoms with Crippen LogP contribution in [-0.4, -0.2) is 28.7 Å². The summed E-state index contributed by atoms with van der Waals surface area (Å²) >= 11 is 1.92. The van der Waals surface area contributed by atoms with Crippen molar-refractivity contribution in [1.29, 1.82) is 0 Å². The maximum absolute atomic E-state index is 9.55. The van der Waals surface area contributed by atoms with Crippen molar-refractivity contribution in [1.82, 2.24) is 0 Å². The van der Waals surface area contributed by atoms with Gasteiger partial charge in [-0.25, -0.2) is 9.59 Å². The van der Waals surface area contributed by atoms with E-state index in [0.29, 0.717) is 18.7 Å². The van der Waals surface area contributed by atoms with Crippen LogP contribution in [0.4, 0.5) is 0 Å². The molecule has 1 aliphatic heterocycles. The number of benzene rings is 2. The number of hydrogen-bond acceptors (Lipinski definition) is 4. The van der Waals surface area contributed by atoms with Gasteiger partial charge in [0.2, 0.25) is 0 Å². The number of hydrogen-bond donors (Lipinski definition) is 3. The lowest BCUT2D eigenvalue weighted by Gasteiger charge is -2.11. The van der Waals surface area contributed by atoms with E-state index < -0.39 is 11.9 Å². The van der Waals surface area contributed by atoms with Crippen LogP contribution < -0.4 is 5.73 Å². The molecule has 1 aliphatic rings. The molecular weight excluding hydrogens is 362 g/mol. The van der Waals surface area contributed by atoms with Gasteiger partial charge in [-0.1, -0.05) is 48.5 Å². The molecule has 4 N–H and O–H groups in total. The molecule has 0 atom stereocenters. The van der Waals surface area contributed by atoms with Crippen LogP contribution in [0.25, 0.3) is 5.57 Å². The van der Waals surface area contributed by atoms with E-state index in [9.17, 15) is 9.59 Å². The first-order chi connectivity index (χ1) is 13.0. The third-order valence-electron chi connectivity index (χ3n) is 3.75. The van der Waals surface area contributed by atoms with Gasteiger partial charge in [0.1, 0.15) is 0 Å². The van der Waals surface area contributed by atoms with E-state index in [-0.39, 0.29) is 0 Å². The molecule has 5 nitrogen and oxygen atoms in total. The molecule has 6 heteroatoms. The van der Waals surface area contributed by atoms with E-state index >= 15 is 0 Å². The Labute approximate surface area is 162 Å². The van der Waals surface area contributed by atoms with Crippen molar-refractivity contribution in [3.8, 4) is 0 Å². The lowest BCUT2D eigenvalue weighted by atomic mass is 9.93. The first-order valence-electron chi connectivity index (χ1n) is 8.37. The molecule has 0 aromatic heterocycles. The standard InChI is InChI=1S/C17H17NS.C4H4O4/c18-11-5-9-15-14-7-2-1-6-13(14)12-19-17-10-4-3-8-16(15)17;5-3(6)1-2-4(7)8/h1-4,6-10H,5,11-12,18H2;1-2H,(H,5,6)(H,7,8)/b15-9+;2-1+. The molecule has 0 aliphatic carbocycles. The van der Waals surface area contributed by atoms with E-state index in [1.807, 2.05) is 11.8 Å². The predicted octanol–water partition coefficient (Wildman–Crippen LogP) is 3.78. The van der Waals surface area contributed by atoms with Gasteiger partial charge < -0.3 is 15.9 Å². The second kappa shape index (κ2) is 10.4. The van der Waals surface area contributed by atoms with Gasteiger partial charge in [0.15, 0.2) is 0 Å². The summed E-state index contributed by atoms with van der Waals surface area (Å²) < 4.78 is 0. The molecule has 27 heavy (non-hydrogen) atoms. The first-order valence-corrected chi connectivity index (χ1v) is 9.36. The van der Waals surface area contributed by atoms with Gasteiger partial charge in [-0.05, 0) is 41.3 Å². The third kappa shape index (κ3) is 6.13. The van der Waals surface area contributed by atoms with Crippen LogP contribution in [0, 0.1) is 0 Å². The largest absolute Gasteiger partial charge is 0.478 e. The van der Waals surface area contributed by atoms with Crippen LogP contribution in [0.5, 0.6) is 0 Å². The second-order valence-corrected chi connectivity index (χ2v) is 6.66. The lowest BCUT2D eigenvalue weighted by molar-refractivity contribution is -0.134. The second-order valence-electron chi connectivity index (χ2n) is 5.65. The Hall–Kier alpha value is -2.83. The summed E-state index contributed by atoms with van der Waals surface area (Å²) in [5.41, 5.74) is 11.1. The molecular formula is C21H21NO4S. The number of thioether (sulfide) groups is 1. The van der Waals surface area contributed by atoms with Crippen LogP contribution in [-0.2, 0) is 15.3 Å². The van der Waals surface area contributed by atoms with Crippen molar-refractivity contribution in [3.05, 3.63) is 83.4 Å². The average molecular weight is 383 g/mol.